The van der Waals surface area contributed by atoms with Gasteiger partial charge in [-0.1, -0.05) is 64.6 Å². The molecule has 0 unspecified atom stereocenters. The molecule has 3 aliphatic rings. The van der Waals surface area contributed by atoms with E-state index in [4.69, 9.17) is 74.3 Å². The van der Waals surface area contributed by atoms with Crippen LogP contribution in [0.25, 0.3) is 0 Å². The lowest BCUT2D eigenvalue weighted by molar-refractivity contribution is -0.384. The molecule has 5 rings (SSSR count). The first-order valence-corrected chi connectivity index (χ1v) is 13.2. The second kappa shape index (κ2) is 9.33. The van der Waals surface area contributed by atoms with Crippen LogP contribution >= 0.6 is 69.6 Å². The van der Waals surface area contributed by atoms with Gasteiger partial charge in [0.1, 0.15) is 9.75 Å². The van der Waals surface area contributed by atoms with E-state index < -0.39 is 61.0 Å². The van der Waals surface area contributed by atoms with E-state index in [1.54, 1.807) is 0 Å². The molecule has 1 saturated heterocycles. The number of allylic oxidation sites excluding steroid dienone is 2. The maximum Gasteiger partial charge on any atom is 0.338 e. The number of anilines is 1. The monoisotopic (exact) mass is 650 g/mol. The van der Waals surface area contributed by atoms with Crippen molar-refractivity contribution in [1.29, 1.82) is 0 Å². The first-order chi connectivity index (χ1) is 18.2. The second-order valence-electron chi connectivity index (χ2n) is 8.95. The molecule has 0 aromatic heterocycles. The molecular weight excluding hydrogens is 641 g/mol. The zero-order valence-electron chi connectivity index (χ0n) is 19.0. The van der Waals surface area contributed by atoms with E-state index in [9.17, 15) is 29.3 Å². The number of alkyl halides is 4. The van der Waals surface area contributed by atoms with Crippen molar-refractivity contribution in [2.45, 2.75) is 14.1 Å². The Morgan fingerprint density at radius 3 is 2.00 bits per heavy atom. The van der Waals surface area contributed by atoms with Gasteiger partial charge < -0.3 is 4.74 Å². The Morgan fingerprint density at radius 2 is 1.44 bits per heavy atom. The van der Waals surface area contributed by atoms with Gasteiger partial charge in [0.25, 0.3) is 5.69 Å². The number of hydrogen-bond donors (Lipinski definition) is 0. The number of non-ortho nitro benzene ring substituents is 1. The fourth-order valence-corrected chi connectivity index (χ4v) is 8.04. The first kappa shape index (κ1) is 28.1. The minimum atomic E-state index is -2.08. The van der Waals surface area contributed by atoms with Crippen molar-refractivity contribution in [2.24, 2.45) is 11.8 Å². The number of nitro groups is 1. The first-order valence-electron chi connectivity index (χ1n) is 10.9. The van der Waals surface area contributed by atoms with Crippen LogP contribution in [0.1, 0.15) is 20.7 Å². The fraction of sp³-hybridized carbons (Fsp3) is 0.250. The SMILES string of the molecule is O=C(COC(=O)c1cccc(N2C(=O)[C@H]3[C@H](C2=O)[C@@]2(Cl)C(Cl)=C(Cl)[C@@]3(Cl)C2(Cl)Cl)c1)c1cccc([N+](=O)[O-])c1. The maximum atomic E-state index is 13.5. The lowest BCUT2D eigenvalue weighted by atomic mass is 9.84. The number of ketones is 1. The zero-order chi connectivity index (χ0) is 28.7. The zero-order valence-corrected chi connectivity index (χ0v) is 23.5. The maximum absolute atomic E-state index is 13.5. The van der Waals surface area contributed by atoms with Crippen LogP contribution in [0.3, 0.4) is 0 Å². The number of imide groups is 1. The molecule has 0 N–H and O–H groups in total. The van der Waals surface area contributed by atoms with Gasteiger partial charge in [-0.2, -0.15) is 0 Å². The van der Waals surface area contributed by atoms with Gasteiger partial charge in [-0.25, -0.2) is 9.69 Å². The summed E-state index contributed by atoms with van der Waals surface area (Å²) in [4.78, 5) is 59.2. The van der Waals surface area contributed by atoms with Gasteiger partial charge in [0.15, 0.2) is 10.9 Å². The number of nitrogens with zero attached hydrogens (tertiary/aromatic N) is 2. The third-order valence-electron chi connectivity index (χ3n) is 6.96. The largest absolute Gasteiger partial charge is 0.454 e. The number of hydrogen-bond acceptors (Lipinski definition) is 7. The number of amides is 2. The number of benzene rings is 2. The number of rotatable bonds is 6. The highest BCUT2D eigenvalue weighted by Crippen LogP contribution is 2.77. The molecule has 1 heterocycles. The van der Waals surface area contributed by atoms with E-state index in [0.29, 0.717) is 0 Å². The van der Waals surface area contributed by atoms with E-state index in [-0.39, 0.29) is 32.6 Å². The van der Waals surface area contributed by atoms with Crippen molar-refractivity contribution in [3.8, 4) is 0 Å². The minimum absolute atomic E-state index is 0.0132. The summed E-state index contributed by atoms with van der Waals surface area (Å²) in [5.41, 5.74) is -0.431. The van der Waals surface area contributed by atoms with Crippen molar-refractivity contribution in [3.63, 3.8) is 0 Å². The Kier molecular flexibility index (Phi) is 6.73. The van der Waals surface area contributed by atoms with Gasteiger partial charge in [0, 0.05) is 17.7 Å². The number of Topliss-reactive ketones (excluding diaryl/α,β-unsaturated/α-hetero) is 1. The van der Waals surface area contributed by atoms with Crippen LogP contribution in [-0.2, 0) is 14.3 Å². The van der Waals surface area contributed by atoms with E-state index in [2.05, 4.69) is 0 Å². The Balaban J connectivity index is 1.38. The van der Waals surface area contributed by atoms with Gasteiger partial charge in [-0.3, -0.25) is 24.5 Å². The van der Waals surface area contributed by atoms with Crippen molar-refractivity contribution in [2.75, 3.05) is 11.5 Å². The summed E-state index contributed by atoms with van der Waals surface area (Å²) in [7, 11) is 0. The molecule has 4 atom stereocenters. The van der Waals surface area contributed by atoms with E-state index in [1.165, 1.54) is 42.5 Å². The highest BCUT2D eigenvalue weighted by Gasteiger charge is 2.87. The predicted molar refractivity (Wildman–Crippen MR) is 144 cm³/mol. The third kappa shape index (κ3) is 3.67. The molecule has 9 nitrogen and oxygen atoms in total. The number of carbonyl (C=O) groups is 4. The van der Waals surface area contributed by atoms with Crippen LogP contribution in [0, 0.1) is 22.0 Å². The molecule has 1 aliphatic heterocycles. The Bertz CT molecular complexity index is 1500. The summed E-state index contributed by atoms with van der Waals surface area (Å²) < 4.78 is 2.97. The predicted octanol–water partition coefficient (Wildman–Crippen LogP) is 5.59. The summed E-state index contributed by atoms with van der Waals surface area (Å²) >= 11 is 38.9. The standard InChI is InChI=1S/C24H12Cl6N2O7/c25-17-18(26)23(28)16-15(22(17,27)24(23,29)30)19(34)31(20(16)35)12-5-2-4-11(8-12)21(36)39-9-14(33)10-3-1-6-13(7-10)32(37)38/h1-8,15-16H,9H2/t15-,16-,22-,23-/m1/s1. The number of carbonyl (C=O) groups excluding carboxylic acids is 4. The Morgan fingerprint density at radius 1 is 0.897 bits per heavy atom. The lowest BCUT2D eigenvalue weighted by Gasteiger charge is -2.34. The second-order valence-corrected chi connectivity index (χ2v) is 12.2. The van der Waals surface area contributed by atoms with Crippen molar-refractivity contribution >= 4 is 105 Å². The van der Waals surface area contributed by atoms with E-state index in [1.807, 2.05) is 0 Å². The van der Waals surface area contributed by atoms with E-state index in [0.717, 1.165) is 11.0 Å². The number of ether oxygens (including phenoxy) is 1. The fourth-order valence-electron chi connectivity index (χ4n) is 5.11. The Hall–Kier alpha value is -2.40. The highest BCUT2D eigenvalue weighted by molar-refractivity contribution is 6.67. The normalized spacial score (nSPS) is 28.6. The number of nitro benzene ring substituents is 1. The lowest BCUT2D eigenvalue weighted by Crippen LogP contribution is -2.50. The molecule has 2 fully saturated rings. The quantitative estimate of drug-likeness (QED) is 0.0996. The van der Waals surface area contributed by atoms with Crippen LogP contribution in [0.2, 0.25) is 0 Å². The molecule has 1 saturated carbocycles. The summed E-state index contributed by atoms with van der Waals surface area (Å²) in [6.45, 7) is -0.713. The number of esters is 1. The third-order valence-corrected chi connectivity index (χ3v) is 11.2. The smallest absolute Gasteiger partial charge is 0.338 e. The van der Waals surface area contributed by atoms with Crippen LogP contribution in [0.4, 0.5) is 11.4 Å². The molecule has 0 radical (unpaired) electrons. The van der Waals surface area contributed by atoms with Crippen molar-refractivity contribution in [3.05, 3.63) is 79.8 Å². The van der Waals surface area contributed by atoms with Crippen LogP contribution in [0.15, 0.2) is 58.6 Å². The van der Waals surface area contributed by atoms with Gasteiger partial charge in [-0.05, 0) is 18.2 Å². The van der Waals surface area contributed by atoms with Crippen LogP contribution in [0.5, 0.6) is 0 Å². The van der Waals surface area contributed by atoms with Crippen molar-refractivity contribution < 1.29 is 28.8 Å². The summed E-state index contributed by atoms with van der Waals surface area (Å²) in [5, 5.41) is 10.5. The summed E-state index contributed by atoms with van der Waals surface area (Å²) in [6, 6.07) is 10.2. The highest BCUT2D eigenvalue weighted by atomic mass is 35.5. The minimum Gasteiger partial charge on any atom is -0.454 e. The molecule has 202 valence electrons. The molecular formula is C24H12Cl6N2O7. The van der Waals surface area contributed by atoms with Crippen LogP contribution < -0.4 is 4.90 Å². The Labute approximate surface area is 249 Å². The van der Waals surface area contributed by atoms with Gasteiger partial charge in [0.05, 0.1) is 38.1 Å². The van der Waals surface area contributed by atoms with Gasteiger partial charge in [0.2, 0.25) is 17.6 Å². The number of fused-ring (bicyclic) bond motifs is 5. The average molecular weight is 653 g/mol. The topological polar surface area (TPSA) is 124 Å². The molecule has 2 aromatic carbocycles. The molecule has 2 amide bonds. The van der Waals surface area contributed by atoms with E-state index >= 15 is 0 Å². The van der Waals surface area contributed by atoms with Gasteiger partial charge >= 0.3 is 5.97 Å². The summed E-state index contributed by atoms with van der Waals surface area (Å²) in [5.74, 6) is -5.94. The molecule has 15 heteroatoms. The van der Waals surface area contributed by atoms with Crippen LogP contribution in [-0.4, -0.2) is 49.2 Å². The molecule has 2 aliphatic carbocycles. The average Bonchev–Trinajstić information content (AvgIpc) is 3.30. The number of halogens is 6. The molecule has 2 bridgehead atoms. The molecule has 2 aromatic rings. The summed E-state index contributed by atoms with van der Waals surface area (Å²) in [6.07, 6.45) is 0. The van der Waals surface area contributed by atoms with Crippen molar-refractivity contribution in [1.82, 2.24) is 0 Å². The molecule has 0 spiro atoms. The molecule has 39 heavy (non-hydrogen) atoms. The van der Waals surface area contributed by atoms with Gasteiger partial charge in [-0.15, -0.1) is 23.2 Å².